The van der Waals surface area contributed by atoms with Crippen molar-refractivity contribution in [2.75, 3.05) is 34.3 Å². The Balaban J connectivity index is 4.80. The summed E-state index contributed by atoms with van der Waals surface area (Å²) in [4.78, 5) is 25.4. The summed E-state index contributed by atoms with van der Waals surface area (Å²) in [7, 11) is 6.18. The van der Waals surface area contributed by atoms with Crippen LogP contribution in [0.2, 0.25) is 0 Å². The monoisotopic (exact) mass is 392 g/mol. The van der Waals surface area contributed by atoms with Crippen LogP contribution in [-0.4, -0.2) is 49.8 Å². The van der Waals surface area contributed by atoms with Gasteiger partial charge in [-0.1, -0.05) is 64.2 Å². The second kappa shape index (κ2) is 13.1. The number of carbonyl (C=O) groups is 2. The van der Waals surface area contributed by atoms with E-state index in [1.807, 2.05) is 0 Å². The summed E-state index contributed by atoms with van der Waals surface area (Å²) in [6, 6.07) is 0. The summed E-state index contributed by atoms with van der Waals surface area (Å²) >= 11 is 5.57. The molecule has 0 spiro atoms. The minimum atomic E-state index is -3.04. The Bertz CT molecular complexity index is 418. The lowest BCUT2D eigenvalue weighted by Gasteiger charge is -2.26. The van der Waals surface area contributed by atoms with E-state index >= 15 is 0 Å². The van der Waals surface area contributed by atoms with E-state index < -0.39 is 6.26 Å². The Morgan fingerprint density at radius 2 is 1.28 bits per heavy atom. The molecular formula is C19H39NO3PS+. The van der Waals surface area contributed by atoms with Crippen LogP contribution in [0.4, 0.5) is 0 Å². The molecule has 0 saturated carbocycles. The molecule has 0 aliphatic carbocycles. The molecule has 6 heteroatoms. The molecule has 148 valence electrons. The second-order valence-electron chi connectivity index (χ2n) is 7.81. The Hall–Kier alpha value is -0.0900. The number of carbonyl (C=O) groups excluding carboxylic acids is 2. The zero-order chi connectivity index (χ0) is 19.3. The summed E-state index contributed by atoms with van der Waals surface area (Å²) in [5, 5.41) is 0. The molecule has 0 bridgehead atoms. The van der Waals surface area contributed by atoms with Gasteiger partial charge in [0.1, 0.15) is 13.2 Å². The highest BCUT2D eigenvalue weighted by Gasteiger charge is 2.35. The van der Waals surface area contributed by atoms with E-state index in [2.05, 4.69) is 35.0 Å². The van der Waals surface area contributed by atoms with Crippen molar-refractivity contribution in [1.82, 2.24) is 0 Å². The molecule has 0 aromatic carbocycles. The van der Waals surface area contributed by atoms with Crippen LogP contribution < -0.4 is 0 Å². The van der Waals surface area contributed by atoms with Crippen molar-refractivity contribution in [3.8, 4) is 0 Å². The lowest BCUT2D eigenvalue weighted by Crippen LogP contribution is -2.37. The van der Waals surface area contributed by atoms with Crippen molar-refractivity contribution in [3.05, 3.63) is 0 Å². The topological polar surface area (TPSA) is 43.4 Å². The summed E-state index contributed by atoms with van der Waals surface area (Å²) in [5.41, 5.74) is -0.221. The molecule has 0 atom stereocenters. The molecule has 0 aliphatic heterocycles. The van der Waals surface area contributed by atoms with Crippen LogP contribution in [-0.2, 0) is 25.9 Å². The standard InChI is InChI=1S/C19H39NO3PS/c1-6-8-10-12-14-18(21)24(25,23-17-16-20(3,4)5)19(22)15-13-11-9-7-2/h6-17H2,1-5H3/q+1. The van der Waals surface area contributed by atoms with Gasteiger partial charge in [0.15, 0.2) is 17.3 Å². The second-order valence-corrected chi connectivity index (χ2v) is 11.7. The van der Waals surface area contributed by atoms with Crippen LogP contribution in [0.1, 0.15) is 78.1 Å². The molecular weight excluding hydrogens is 353 g/mol. The van der Waals surface area contributed by atoms with Crippen LogP contribution in [0.15, 0.2) is 0 Å². The highest BCUT2D eigenvalue weighted by atomic mass is 32.4. The first-order valence-electron chi connectivity index (χ1n) is 9.79. The minimum absolute atomic E-state index is 0.111. The van der Waals surface area contributed by atoms with E-state index in [1.165, 1.54) is 0 Å². The third kappa shape index (κ3) is 11.3. The maximum atomic E-state index is 12.7. The molecule has 0 radical (unpaired) electrons. The van der Waals surface area contributed by atoms with Crippen molar-refractivity contribution in [3.63, 3.8) is 0 Å². The third-order valence-electron chi connectivity index (χ3n) is 4.18. The van der Waals surface area contributed by atoms with Crippen molar-refractivity contribution in [1.29, 1.82) is 0 Å². The molecule has 0 amide bonds. The number of unbranched alkanes of at least 4 members (excludes halogenated alkanes) is 6. The number of likely N-dealkylation sites (N-methyl/N-ethyl adjacent to an activating group) is 1. The summed E-state index contributed by atoms with van der Waals surface area (Å²) in [6.45, 7) is 5.40. The van der Waals surface area contributed by atoms with E-state index in [0.717, 1.165) is 62.4 Å². The lowest BCUT2D eigenvalue weighted by molar-refractivity contribution is -0.870. The predicted octanol–water partition coefficient (Wildman–Crippen LogP) is 5.10. The SMILES string of the molecule is CCCCCCC(=O)P(=S)(OCC[N+](C)(C)C)C(=O)CCCCCC. The smallest absolute Gasteiger partial charge is 0.196 e. The van der Waals surface area contributed by atoms with E-state index in [-0.39, 0.29) is 11.0 Å². The molecule has 0 rings (SSSR count). The fourth-order valence-corrected chi connectivity index (χ4v) is 5.01. The fraction of sp³-hybridized carbons (Fsp3) is 0.895. The van der Waals surface area contributed by atoms with Gasteiger partial charge < -0.3 is 9.01 Å². The molecule has 0 heterocycles. The first kappa shape index (κ1) is 24.9. The van der Waals surface area contributed by atoms with Crippen LogP contribution in [0.25, 0.3) is 0 Å². The van der Waals surface area contributed by atoms with E-state index in [0.29, 0.717) is 19.4 Å². The normalized spacial score (nSPS) is 12.4. The van der Waals surface area contributed by atoms with Gasteiger partial charge in [0.05, 0.1) is 21.1 Å². The highest BCUT2D eigenvalue weighted by molar-refractivity contribution is 8.28. The Labute approximate surface area is 160 Å². The maximum absolute atomic E-state index is 12.7. The Morgan fingerprint density at radius 1 is 0.840 bits per heavy atom. The molecule has 0 unspecified atom stereocenters. The average Bonchev–Trinajstić information content (AvgIpc) is 2.53. The van der Waals surface area contributed by atoms with Crippen LogP contribution in [0.5, 0.6) is 0 Å². The fourth-order valence-electron chi connectivity index (χ4n) is 2.43. The van der Waals surface area contributed by atoms with Gasteiger partial charge in [0, 0.05) is 12.8 Å². The van der Waals surface area contributed by atoms with E-state index in [4.69, 9.17) is 16.3 Å². The van der Waals surface area contributed by atoms with Gasteiger partial charge in [-0.2, -0.15) is 0 Å². The van der Waals surface area contributed by atoms with Crippen molar-refractivity contribution in [2.24, 2.45) is 0 Å². The van der Waals surface area contributed by atoms with Gasteiger partial charge in [0.2, 0.25) is 0 Å². The molecule has 0 aromatic heterocycles. The summed E-state index contributed by atoms with van der Waals surface area (Å²) in [5.74, 6) is 0. The van der Waals surface area contributed by atoms with Gasteiger partial charge in [-0.15, -0.1) is 0 Å². The molecule has 0 aromatic rings. The molecule has 0 aliphatic rings. The predicted molar refractivity (Wildman–Crippen MR) is 111 cm³/mol. The van der Waals surface area contributed by atoms with Gasteiger partial charge in [-0.3, -0.25) is 9.59 Å². The highest BCUT2D eigenvalue weighted by Crippen LogP contribution is 2.51. The van der Waals surface area contributed by atoms with Crippen molar-refractivity contribution < 1.29 is 18.6 Å². The first-order valence-corrected chi connectivity index (χ1v) is 12.5. The van der Waals surface area contributed by atoms with Crippen molar-refractivity contribution >= 4 is 29.1 Å². The molecule has 0 saturated heterocycles. The molecule has 4 nitrogen and oxygen atoms in total. The number of hydrogen-bond acceptors (Lipinski definition) is 4. The molecule has 25 heavy (non-hydrogen) atoms. The van der Waals surface area contributed by atoms with Crippen LogP contribution in [0, 0.1) is 0 Å². The average molecular weight is 393 g/mol. The van der Waals surface area contributed by atoms with Gasteiger partial charge in [0.25, 0.3) is 0 Å². The van der Waals surface area contributed by atoms with Gasteiger partial charge in [-0.05, 0) is 12.8 Å². The number of rotatable bonds is 16. The van der Waals surface area contributed by atoms with Crippen LogP contribution >= 0.6 is 6.26 Å². The molecule has 0 N–H and O–H groups in total. The maximum Gasteiger partial charge on any atom is 0.196 e. The zero-order valence-electron chi connectivity index (χ0n) is 17.0. The van der Waals surface area contributed by atoms with E-state index in [1.54, 1.807) is 0 Å². The largest absolute Gasteiger partial charge is 0.332 e. The number of nitrogens with zero attached hydrogens (tertiary/aromatic N) is 1. The summed E-state index contributed by atoms with van der Waals surface area (Å²) in [6.07, 6.45) is 5.87. The number of hydrogen-bond donors (Lipinski definition) is 0. The Morgan fingerprint density at radius 3 is 1.64 bits per heavy atom. The lowest BCUT2D eigenvalue weighted by atomic mass is 10.2. The summed E-state index contributed by atoms with van der Waals surface area (Å²) < 4.78 is 6.58. The minimum Gasteiger partial charge on any atom is -0.332 e. The van der Waals surface area contributed by atoms with Gasteiger partial charge >= 0.3 is 0 Å². The number of quaternary nitrogens is 1. The first-order chi connectivity index (χ1) is 11.7. The van der Waals surface area contributed by atoms with Crippen LogP contribution in [0.3, 0.4) is 0 Å². The van der Waals surface area contributed by atoms with Gasteiger partial charge in [-0.25, -0.2) is 0 Å². The third-order valence-corrected chi connectivity index (χ3v) is 8.03. The van der Waals surface area contributed by atoms with Crippen molar-refractivity contribution in [2.45, 2.75) is 78.1 Å². The zero-order valence-corrected chi connectivity index (χ0v) is 18.7. The molecule has 0 fully saturated rings. The Kier molecular flexibility index (Phi) is 13.1. The van der Waals surface area contributed by atoms with E-state index in [9.17, 15) is 9.59 Å². The quantitative estimate of drug-likeness (QED) is 0.208.